The van der Waals surface area contributed by atoms with Gasteiger partial charge in [0.15, 0.2) is 5.13 Å². The van der Waals surface area contributed by atoms with E-state index in [-0.39, 0.29) is 15.5 Å². The minimum Gasteiger partial charge on any atom is -0.287 e. The third-order valence-corrected chi connectivity index (χ3v) is 7.93. The molecule has 0 saturated heterocycles. The van der Waals surface area contributed by atoms with Crippen LogP contribution in [-0.2, 0) is 23.0 Å². The molecule has 0 atom stereocenters. The monoisotopic (exact) mass is 447 g/mol. The summed E-state index contributed by atoms with van der Waals surface area (Å²) in [6.45, 7) is 0.702. The Labute approximate surface area is 178 Å². The fraction of sp³-hybridized carbons (Fsp3) is 0.200. The normalized spacial score (nSPS) is 14.4. The third-order valence-electron chi connectivity index (χ3n) is 4.91. The van der Waals surface area contributed by atoms with Crippen LogP contribution in [0.15, 0.2) is 58.9 Å². The maximum absolute atomic E-state index is 13.2. The lowest BCUT2D eigenvalue weighted by Crippen LogP contribution is -2.36. The minimum atomic E-state index is -3.77. The Kier molecular flexibility index (Phi) is 5.44. The van der Waals surface area contributed by atoms with Crippen LogP contribution in [0.2, 0.25) is 5.02 Å². The number of halogens is 1. The van der Waals surface area contributed by atoms with E-state index in [2.05, 4.69) is 4.98 Å². The van der Waals surface area contributed by atoms with E-state index in [0.29, 0.717) is 24.6 Å². The zero-order chi connectivity index (χ0) is 20.6. The van der Waals surface area contributed by atoms with Crippen LogP contribution in [0.5, 0.6) is 0 Å². The van der Waals surface area contributed by atoms with E-state index in [1.807, 2.05) is 24.3 Å². The Morgan fingerprint density at radius 1 is 1.21 bits per heavy atom. The summed E-state index contributed by atoms with van der Waals surface area (Å²) < 4.78 is 27.9. The van der Waals surface area contributed by atoms with Gasteiger partial charge < -0.3 is 0 Å². The number of amides is 1. The van der Waals surface area contributed by atoms with E-state index >= 15 is 0 Å². The number of nitrogens with zero attached hydrogens (tertiary/aromatic N) is 3. The van der Waals surface area contributed by atoms with Crippen LogP contribution < -0.4 is 4.90 Å². The van der Waals surface area contributed by atoms with Crippen molar-refractivity contribution in [3.05, 3.63) is 75.8 Å². The molecule has 6 nitrogen and oxygen atoms in total. The highest BCUT2D eigenvalue weighted by Gasteiger charge is 2.30. The Morgan fingerprint density at radius 3 is 2.69 bits per heavy atom. The van der Waals surface area contributed by atoms with Gasteiger partial charge in [0.2, 0.25) is 10.0 Å². The van der Waals surface area contributed by atoms with Gasteiger partial charge in [0.1, 0.15) is 0 Å². The summed E-state index contributed by atoms with van der Waals surface area (Å²) in [5.41, 5.74) is 2.29. The first-order valence-corrected chi connectivity index (χ1v) is 11.6. The molecule has 0 saturated carbocycles. The molecular formula is C20H18ClN3O3S2. The van der Waals surface area contributed by atoms with Crippen molar-refractivity contribution in [3.8, 4) is 0 Å². The second kappa shape index (κ2) is 7.87. The number of anilines is 1. The molecule has 2 heterocycles. The molecule has 4 rings (SSSR count). The smallest absolute Gasteiger partial charge is 0.261 e. The van der Waals surface area contributed by atoms with E-state index in [0.717, 1.165) is 11.1 Å². The highest BCUT2D eigenvalue weighted by molar-refractivity contribution is 7.89. The van der Waals surface area contributed by atoms with E-state index in [4.69, 9.17) is 11.6 Å². The van der Waals surface area contributed by atoms with Gasteiger partial charge in [-0.3, -0.25) is 9.69 Å². The molecule has 2 aromatic carbocycles. The Morgan fingerprint density at radius 2 is 1.97 bits per heavy atom. The number of benzene rings is 2. The van der Waals surface area contributed by atoms with Gasteiger partial charge in [-0.15, -0.1) is 11.3 Å². The van der Waals surface area contributed by atoms with Gasteiger partial charge in [-0.05, 0) is 35.7 Å². The van der Waals surface area contributed by atoms with Crippen molar-refractivity contribution < 1.29 is 13.2 Å². The van der Waals surface area contributed by atoms with E-state index in [1.54, 1.807) is 18.6 Å². The Bertz CT molecular complexity index is 1160. The van der Waals surface area contributed by atoms with Gasteiger partial charge in [-0.1, -0.05) is 35.9 Å². The fourth-order valence-corrected chi connectivity index (χ4v) is 5.55. The number of hydrogen-bond donors (Lipinski definition) is 0. The first kappa shape index (κ1) is 20.0. The molecule has 1 aliphatic heterocycles. The quantitative estimate of drug-likeness (QED) is 0.609. The molecule has 3 aromatic rings. The molecule has 0 spiro atoms. The van der Waals surface area contributed by atoms with E-state index in [9.17, 15) is 13.2 Å². The van der Waals surface area contributed by atoms with Gasteiger partial charge in [-0.2, -0.15) is 4.31 Å². The predicted molar refractivity (Wildman–Crippen MR) is 114 cm³/mol. The van der Waals surface area contributed by atoms with Crippen molar-refractivity contribution in [3.63, 3.8) is 0 Å². The van der Waals surface area contributed by atoms with Crippen molar-refractivity contribution in [1.82, 2.24) is 9.29 Å². The van der Waals surface area contributed by atoms with Crippen molar-refractivity contribution in [2.24, 2.45) is 0 Å². The SMILES string of the molecule is CN(C(=O)c1cc(S(=O)(=O)N2CCc3ccccc3C2)ccc1Cl)c1nccs1. The summed E-state index contributed by atoms with van der Waals surface area (Å²) in [6, 6.07) is 12.1. The molecule has 150 valence electrons. The van der Waals surface area contributed by atoms with Crippen LogP contribution in [0, 0.1) is 0 Å². The van der Waals surface area contributed by atoms with Crippen LogP contribution >= 0.6 is 22.9 Å². The molecule has 9 heteroatoms. The number of hydrogen-bond acceptors (Lipinski definition) is 5. The van der Waals surface area contributed by atoms with Crippen LogP contribution in [0.4, 0.5) is 5.13 Å². The zero-order valence-corrected chi connectivity index (χ0v) is 18.0. The average molecular weight is 448 g/mol. The van der Waals surface area contributed by atoms with Crippen LogP contribution in [0.1, 0.15) is 21.5 Å². The maximum atomic E-state index is 13.2. The van der Waals surface area contributed by atoms with Crippen LogP contribution in [0.25, 0.3) is 0 Å². The highest BCUT2D eigenvalue weighted by atomic mass is 35.5. The molecule has 1 amide bonds. The lowest BCUT2D eigenvalue weighted by Gasteiger charge is -2.28. The topological polar surface area (TPSA) is 70.6 Å². The predicted octanol–water partition coefficient (Wildman–Crippen LogP) is 3.82. The summed E-state index contributed by atoms with van der Waals surface area (Å²) in [7, 11) is -2.18. The zero-order valence-electron chi connectivity index (χ0n) is 15.6. The number of fused-ring (bicyclic) bond motifs is 1. The fourth-order valence-electron chi connectivity index (χ4n) is 3.30. The number of carbonyl (C=O) groups is 1. The molecule has 0 bridgehead atoms. The number of aromatic nitrogens is 1. The molecule has 0 radical (unpaired) electrons. The van der Waals surface area contributed by atoms with Crippen LogP contribution in [0.3, 0.4) is 0 Å². The Hall–Kier alpha value is -2.26. The van der Waals surface area contributed by atoms with Gasteiger partial charge >= 0.3 is 0 Å². The molecule has 29 heavy (non-hydrogen) atoms. The lowest BCUT2D eigenvalue weighted by molar-refractivity contribution is 0.0993. The second-order valence-corrected chi connectivity index (χ2v) is 9.90. The van der Waals surface area contributed by atoms with Crippen molar-refractivity contribution in [2.45, 2.75) is 17.9 Å². The molecule has 0 unspecified atom stereocenters. The molecule has 1 aliphatic rings. The summed E-state index contributed by atoms with van der Waals surface area (Å²) >= 11 is 7.54. The molecule has 0 aliphatic carbocycles. The van der Waals surface area contributed by atoms with Crippen molar-refractivity contribution >= 4 is 44.0 Å². The summed E-state index contributed by atoms with van der Waals surface area (Å²) in [5.74, 6) is -0.411. The number of thiazole rings is 1. The summed E-state index contributed by atoms with van der Waals surface area (Å²) in [4.78, 5) is 18.4. The highest BCUT2D eigenvalue weighted by Crippen LogP contribution is 2.29. The minimum absolute atomic E-state index is 0.0529. The van der Waals surface area contributed by atoms with Gasteiger partial charge in [0, 0.05) is 31.7 Å². The summed E-state index contributed by atoms with van der Waals surface area (Å²) in [6.07, 6.45) is 2.25. The maximum Gasteiger partial charge on any atom is 0.261 e. The van der Waals surface area contributed by atoms with Gasteiger partial charge in [0.25, 0.3) is 5.91 Å². The lowest BCUT2D eigenvalue weighted by atomic mass is 10.0. The first-order valence-electron chi connectivity index (χ1n) is 8.92. The molecule has 0 fully saturated rings. The molecular weight excluding hydrogens is 430 g/mol. The van der Waals surface area contributed by atoms with Gasteiger partial charge in [-0.25, -0.2) is 13.4 Å². The van der Waals surface area contributed by atoms with Crippen LogP contribution in [-0.4, -0.2) is 37.2 Å². The van der Waals surface area contributed by atoms with E-state index in [1.165, 1.54) is 38.7 Å². The molecule has 0 N–H and O–H groups in total. The average Bonchev–Trinajstić information content (AvgIpc) is 3.27. The van der Waals surface area contributed by atoms with Crippen molar-refractivity contribution in [2.75, 3.05) is 18.5 Å². The van der Waals surface area contributed by atoms with E-state index < -0.39 is 15.9 Å². The standard InChI is InChI=1S/C20H18ClN3O3S2/c1-23(20-22-9-11-28-20)19(25)17-12-16(6-7-18(17)21)29(26,27)24-10-8-14-4-2-3-5-15(14)13-24/h2-7,9,11-12H,8,10,13H2,1H3. The van der Waals surface area contributed by atoms with Gasteiger partial charge in [0.05, 0.1) is 15.5 Å². The third kappa shape index (κ3) is 3.81. The first-order chi connectivity index (χ1) is 13.9. The largest absolute Gasteiger partial charge is 0.287 e. The summed E-state index contributed by atoms with van der Waals surface area (Å²) in [5, 5.41) is 2.46. The molecule has 1 aromatic heterocycles. The number of sulfonamides is 1. The number of rotatable bonds is 4. The van der Waals surface area contributed by atoms with Crippen molar-refractivity contribution in [1.29, 1.82) is 0 Å². The Balaban J connectivity index is 1.65. The second-order valence-electron chi connectivity index (χ2n) is 6.68. The number of carbonyl (C=O) groups excluding carboxylic acids is 1.